The molecule has 0 aromatic heterocycles. The number of hydrogen-bond donors (Lipinski definition) is 0. The molecule has 15 rings (SSSR count). The number of benzene rings is 5. The smallest absolute Gasteiger partial charge is 0.123 e. The first-order valence-corrected chi connectivity index (χ1v) is 38.8. The van der Waals surface area contributed by atoms with Gasteiger partial charge in [0.15, 0.2) is 0 Å². The highest BCUT2D eigenvalue weighted by atomic mass is 16.5. The van der Waals surface area contributed by atoms with Crippen LogP contribution >= 0.6 is 0 Å². The molecule has 10 aliphatic carbocycles. The molecule has 5 aromatic rings. The molecule has 10 aliphatic rings. The molecule has 0 spiro atoms. The summed E-state index contributed by atoms with van der Waals surface area (Å²) in [6.45, 7) is 28.7. The van der Waals surface area contributed by atoms with E-state index < -0.39 is 0 Å². The van der Waals surface area contributed by atoms with E-state index in [9.17, 15) is 0 Å². The minimum atomic E-state index is 0.560. The van der Waals surface area contributed by atoms with E-state index in [1.807, 2.05) is 0 Å². The minimum absolute atomic E-state index is 0.560. The van der Waals surface area contributed by atoms with E-state index in [0.717, 1.165) is 306 Å². The lowest BCUT2D eigenvalue weighted by atomic mass is 9.94. The Kier molecular flexibility index (Phi) is 38.7. The van der Waals surface area contributed by atoms with Gasteiger partial charge in [0, 0.05) is 87.7 Å². The first kappa shape index (κ1) is 78.1. The lowest BCUT2D eigenvalue weighted by molar-refractivity contribution is 0.289. The van der Waals surface area contributed by atoms with Crippen molar-refractivity contribution in [1.82, 2.24) is 0 Å². The van der Waals surface area contributed by atoms with E-state index in [1.54, 1.807) is 0 Å². The van der Waals surface area contributed by atoms with Crippen LogP contribution in [0.3, 0.4) is 0 Å². The molecule has 10 heteroatoms. The predicted octanol–water partition coefficient (Wildman–Crippen LogP) is 23.6. The van der Waals surface area contributed by atoms with Gasteiger partial charge in [0.2, 0.25) is 0 Å². The SMILES string of the molecule is CCCCCOc1cc2c(OCCCCC)cc1Cc1cc(OCCCCC)c(cc1OCCCCC)Cc1cc(OCCCCC)c(cc1OCCCCC)Cc1cc(OCCCCC)c(cc1OCCCCC)Cc1cc(OCCCCC)c(cc1OCCCCC)C2. The van der Waals surface area contributed by atoms with Crippen molar-refractivity contribution in [3.05, 3.63) is 116 Å². The van der Waals surface area contributed by atoms with Crippen LogP contribution in [0.25, 0.3) is 0 Å². The second-order valence-electron chi connectivity index (χ2n) is 26.8. The van der Waals surface area contributed by atoms with Crippen LogP contribution in [0, 0.1) is 0 Å². The highest BCUT2D eigenvalue weighted by Gasteiger charge is 2.25. The molecule has 10 bridgehead atoms. The largest absolute Gasteiger partial charge is 0.493 e. The average Bonchev–Trinajstić information content (AvgIpc) is 1.12. The van der Waals surface area contributed by atoms with E-state index >= 15 is 0 Å². The fraction of sp³-hybridized carbons (Fsp3) is 0.647. The van der Waals surface area contributed by atoms with Crippen molar-refractivity contribution in [3.63, 3.8) is 0 Å². The zero-order chi connectivity index (χ0) is 67.5. The Hall–Kier alpha value is -5.90. The van der Waals surface area contributed by atoms with Crippen LogP contribution in [0.1, 0.15) is 317 Å². The molecule has 0 amide bonds. The molecule has 0 unspecified atom stereocenters. The van der Waals surface area contributed by atoms with Crippen molar-refractivity contribution in [2.24, 2.45) is 0 Å². The lowest BCUT2D eigenvalue weighted by Gasteiger charge is -2.22. The molecule has 0 fully saturated rings. The Balaban J connectivity index is 1.77. The van der Waals surface area contributed by atoms with Gasteiger partial charge >= 0.3 is 0 Å². The van der Waals surface area contributed by atoms with Crippen molar-refractivity contribution in [2.75, 3.05) is 66.1 Å². The fourth-order valence-corrected chi connectivity index (χ4v) is 12.3. The lowest BCUT2D eigenvalue weighted by Crippen LogP contribution is -2.10. The van der Waals surface area contributed by atoms with Crippen LogP contribution in [-0.4, -0.2) is 66.1 Å². The summed E-state index contributed by atoms with van der Waals surface area (Å²) >= 11 is 0. The molecule has 0 aliphatic heterocycles. The van der Waals surface area contributed by atoms with Crippen LogP contribution in [0.5, 0.6) is 57.5 Å². The molecule has 0 N–H and O–H groups in total. The van der Waals surface area contributed by atoms with Crippen LogP contribution in [0.15, 0.2) is 60.7 Å². The monoisotopic (exact) mass is 1310 g/mol. The molecule has 530 valence electrons. The maximum absolute atomic E-state index is 7.07. The second-order valence-corrected chi connectivity index (χ2v) is 26.8. The van der Waals surface area contributed by atoms with E-state index in [4.69, 9.17) is 47.4 Å². The Morgan fingerprint density at radius 3 is 0.337 bits per heavy atom. The van der Waals surface area contributed by atoms with Gasteiger partial charge in [-0.25, -0.2) is 0 Å². The maximum Gasteiger partial charge on any atom is 0.123 e. The van der Waals surface area contributed by atoms with Gasteiger partial charge in [0.05, 0.1) is 66.1 Å². The summed E-state index contributed by atoms with van der Waals surface area (Å²) in [6, 6.07) is 22.8. The zero-order valence-corrected chi connectivity index (χ0v) is 61.7. The third kappa shape index (κ3) is 27.5. The first-order chi connectivity index (χ1) is 46.7. The number of hydrogen-bond acceptors (Lipinski definition) is 10. The predicted molar refractivity (Wildman–Crippen MR) is 396 cm³/mol. The third-order valence-electron chi connectivity index (χ3n) is 18.2. The van der Waals surface area contributed by atoms with Crippen molar-refractivity contribution in [1.29, 1.82) is 0 Å². The Labute approximate surface area is 578 Å². The Morgan fingerprint density at radius 1 is 0.158 bits per heavy atom. The average molecular weight is 1310 g/mol. The summed E-state index contributed by atoms with van der Waals surface area (Å²) in [5.41, 5.74) is 10.6. The van der Waals surface area contributed by atoms with Crippen LogP contribution < -0.4 is 47.4 Å². The van der Waals surface area contributed by atoms with Gasteiger partial charge in [0.25, 0.3) is 0 Å². The van der Waals surface area contributed by atoms with Crippen molar-refractivity contribution in [2.45, 2.75) is 294 Å². The molecule has 5 aromatic carbocycles. The summed E-state index contributed by atoms with van der Waals surface area (Å²) in [4.78, 5) is 0. The third-order valence-corrected chi connectivity index (χ3v) is 18.2. The van der Waals surface area contributed by atoms with Crippen molar-refractivity contribution < 1.29 is 47.4 Å². The van der Waals surface area contributed by atoms with E-state index in [0.29, 0.717) is 98.2 Å². The molecule has 10 nitrogen and oxygen atoms in total. The molecule has 0 saturated carbocycles. The highest BCUT2D eigenvalue weighted by molar-refractivity contribution is 5.60. The first-order valence-electron chi connectivity index (χ1n) is 38.8. The highest BCUT2D eigenvalue weighted by Crippen LogP contribution is 2.44. The van der Waals surface area contributed by atoms with Gasteiger partial charge in [0.1, 0.15) is 57.5 Å². The maximum atomic E-state index is 7.07. The molecular formula is C85H130O10. The topological polar surface area (TPSA) is 92.3 Å². The quantitative estimate of drug-likeness (QED) is 0.0344. The van der Waals surface area contributed by atoms with Gasteiger partial charge < -0.3 is 47.4 Å². The number of unbranched alkanes of at least 4 members (excludes halogenated alkanes) is 20. The van der Waals surface area contributed by atoms with Gasteiger partial charge in [-0.15, -0.1) is 0 Å². The minimum Gasteiger partial charge on any atom is -0.493 e. The molecule has 0 saturated heterocycles. The number of rotatable bonds is 50. The summed E-state index contributed by atoms with van der Waals surface area (Å²) in [5, 5.41) is 0. The van der Waals surface area contributed by atoms with Crippen LogP contribution in [0.2, 0.25) is 0 Å². The molecule has 95 heavy (non-hydrogen) atoms. The van der Waals surface area contributed by atoms with Crippen molar-refractivity contribution >= 4 is 0 Å². The zero-order valence-electron chi connectivity index (χ0n) is 61.7. The summed E-state index contributed by atoms with van der Waals surface area (Å²) < 4.78 is 70.7. The van der Waals surface area contributed by atoms with Gasteiger partial charge in [-0.1, -0.05) is 198 Å². The van der Waals surface area contributed by atoms with Crippen LogP contribution in [-0.2, 0) is 32.1 Å². The Morgan fingerprint density at radius 2 is 0.253 bits per heavy atom. The molecule has 0 heterocycles. The van der Waals surface area contributed by atoms with E-state index in [2.05, 4.69) is 130 Å². The number of ether oxygens (including phenoxy) is 10. The van der Waals surface area contributed by atoms with E-state index in [-0.39, 0.29) is 0 Å². The molecule has 0 atom stereocenters. The second kappa shape index (κ2) is 47.1. The molecule has 0 radical (unpaired) electrons. The Bertz CT molecular complexity index is 2250. The molecular weight excluding hydrogens is 1180 g/mol. The van der Waals surface area contributed by atoms with Gasteiger partial charge in [-0.3, -0.25) is 0 Å². The fourth-order valence-electron chi connectivity index (χ4n) is 12.3. The summed E-state index contributed by atoms with van der Waals surface area (Å²) in [5.74, 6) is 8.67. The van der Waals surface area contributed by atoms with Gasteiger partial charge in [-0.05, 0) is 125 Å². The van der Waals surface area contributed by atoms with Crippen LogP contribution in [0.4, 0.5) is 0 Å². The summed E-state index contributed by atoms with van der Waals surface area (Å²) in [7, 11) is 0. The summed E-state index contributed by atoms with van der Waals surface area (Å²) in [6.07, 6.45) is 34.4. The van der Waals surface area contributed by atoms with Crippen molar-refractivity contribution in [3.8, 4) is 57.5 Å². The normalized spacial score (nSPS) is 12.1. The van der Waals surface area contributed by atoms with Gasteiger partial charge in [-0.2, -0.15) is 0 Å². The van der Waals surface area contributed by atoms with E-state index in [1.165, 1.54) is 0 Å². The standard InChI is InChI=1S/C85H130O10/c1-11-21-31-41-86-76-56-67-52-69-59-81(91-46-36-26-16-6)71(61-80(69)90-45-35-25-15-5)54-73-63-85(95-50-40-30-20-10)75(65-84(73)94-49-39-29-19-9)55-74-64-82(92-47-37-27-17-7)72(62-83(74)93-48-38-28-18-8)53-70-60-78(88-43-33-23-13-3)68(58-79(70)89-44-34-24-14-4)51-66(76)57-77(67)87-42-32-22-12-2/h56-65H,11-55H2,1-10H3.